The van der Waals surface area contributed by atoms with Crippen molar-refractivity contribution in [1.29, 1.82) is 0 Å². The summed E-state index contributed by atoms with van der Waals surface area (Å²) in [6, 6.07) is 19.2. The van der Waals surface area contributed by atoms with Crippen LogP contribution in [0.4, 0.5) is 4.79 Å². The molecule has 1 fully saturated rings. The minimum absolute atomic E-state index is 0.245. The second-order valence-electron chi connectivity index (χ2n) is 7.34. The lowest BCUT2D eigenvalue weighted by Crippen LogP contribution is -2.27. The van der Waals surface area contributed by atoms with E-state index in [1.807, 2.05) is 54.6 Å². The molecule has 3 aromatic carbocycles. The normalized spacial score (nSPS) is 14.7. The smallest absolute Gasteiger partial charge is 0.293 e. The molecular weight excluding hydrogens is 697 g/mol. The van der Waals surface area contributed by atoms with E-state index < -0.39 is 0 Å². The van der Waals surface area contributed by atoms with E-state index in [1.54, 1.807) is 19.3 Å². The SMILES string of the molecule is COc1cc(/C=C2/SC(=O)N(Cc3ccc(I)cc3)C2=O)cc(Br)c1OCc1ccc(Br)cc1. The van der Waals surface area contributed by atoms with Crippen LogP contribution in [-0.2, 0) is 17.9 Å². The van der Waals surface area contributed by atoms with Gasteiger partial charge in [0.1, 0.15) is 6.61 Å². The summed E-state index contributed by atoms with van der Waals surface area (Å²) in [5.74, 6) is 0.782. The van der Waals surface area contributed by atoms with Crippen LogP contribution in [0, 0.1) is 3.57 Å². The van der Waals surface area contributed by atoms with Gasteiger partial charge in [0.05, 0.1) is 23.0 Å². The third-order valence-electron chi connectivity index (χ3n) is 4.97. The molecule has 174 valence electrons. The molecule has 34 heavy (non-hydrogen) atoms. The fourth-order valence-electron chi connectivity index (χ4n) is 3.26. The number of carbonyl (C=O) groups is 2. The van der Waals surface area contributed by atoms with Crippen molar-refractivity contribution in [3.8, 4) is 11.5 Å². The predicted molar refractivity (Wildman–Crippen MR) is 150 cm³/mol. The zero-order valence-electron chi connectivity index (χ0n) is 17.9. The molecular formula is C25H18Br2INO4S. The molecule has 0 bridgehead atoms. The number of ether oxygens (including phenoxy) is 2. The fourth-order valence-corrected chi connectivity index (χ4v) is 5.30. The van der Waals surface area contributed by atoms with Crippen molar-refractivity contribution in [1.82, 2.24) is 4.90 Å². The number of carbonyl (C=O) groups excluding carboxylic acids is 2. The zero-order valence-corrected chi connectivity index (χ0v) is 24.0. The van der Waals surface area contributed by atoms with E-state index in [2.05, 4.69) is 54.5 Å². The van der Waals surface area contributed by atoms with Crippen LogP contribution >= 0.6 is 66.2 Å². The van der Waals surface area contributed by atoms with Crippen LogP contribution in [0.3, 0.4) is 0 Å². The topological polar surface area (TPSA) is 55.8 Å². The average Bonchev–Trinajstić information content (AvgIpc) is 3.07. The average molecular weight is 715 g/mol. The second-order valence-corrected chi connectivity index (χ2v) is 11.4. The molecule has 4 rings (SSSR count). The number of hydrogen-bond donors (Lipinski definition) is 0. The van der Waals surface area contributed by atoms with Crippen molar-refractivity contribution >= 4 is 83.4 Å². The highest BCUT2D eigenvalue weighted by molar-refractivity contribution is 14.1. The van der Waals surface area contributed by atoms with E-state index in [0.29, 0.717) is 27.5 Å². The van der Waals surface area contributed by atoms with Gasteiger partial charge in [0.2, 0.25) is 0 Å². The van der Waals surface area contributed by atoms with Gasteiger partial charge in [-0.15, -0.1) is 0 Å². The van der Waals surface area contributed by atoms with Crippen LogP contribution in [0.2, 0.25) is 0 Å². The molecule has 0 unspecified atom stereocenters. The highest BCUT2D eigenvalue weighted by Crippen LogP contribution is 2.39. The molecule has 9 heteroatoms. The Morgan fingerprint density at radius 1 is 1.00 bits per heavy atom. The Labute approximate surface area is 232 Å². The molecule has 2 amide bonds. The van der Waals surface area contributed by atoms with Gasteiger partial charge in [-0.25, -0.2) is 0 Å². The molecule has 0 aliphatic carbocycles. The van der Waals surface area contributed by atoms with Crippen molar-refractivity contribution in [2.75, 3.05) is 7.11 Å². The van der Waals surface area contributed by atoms with Gasteiger partial charge < -0.3 is 9.47 Å². The van der Waals surface area contributed by atoms with Gasteiger partial charge in [0.15, 0.2) is 11.5 Å². The Hall–Kier alpha value is -1.82. The number of hydrogen-bond acceptors (Lipinski definition) is 5. The number of amides is 2. The first-order chi connectivity index (χ1) is 16.3. The molecule has 5 nitrogen and oxygen atoms in total. The predicted octanol–water partition coefficient (Wildman–Crippen LogP) is 7.64. The maximum atomic E-state index is 12.9. The molecule has 0 N–H and O–H groups in total. The van der Waals surface area contributed by atoms with Crippen LogP contribution in [0.25, 0.3) is 6.08 Å². The third-order valence-corrected chi connectivity index (χ3v) is 7.72. The van der Waals surface area contributed by atoms with Gasteiger partial charge in [0.25, 0.3) is 11.1 Å². The van der Waals surface area contributed by atoms with Crippen LogP contribution in [0.5, 0.6) is 11.5 Å². The molecule has 1 aliphatic heterocycles. The third kappa shape index (κ3) is 6.05. The lowest BCUT2D eigenvalue weighted by molar-refractivity contribution is -0.123. The molecule has 0 atom stereocenters. The van der Waals surface area contributed by atoms with E-state index in [1.165, 1.54) is 4.90 Å². The summed E-state index contributed by atoms with van der Waals surface area (Å²) in [5.41, 5.74) is 2.64. The molecule has 0 saturated carbocycles. The summed E-state index contributed by atoms with van der Waals surface area (Å²) in [4.78, 5) is 27.1. The van der Waals surface area contributed by atoms with Gasteiger partial charge in [-0.2, -0.15) is 0 Å². The number of methoxy groups -OCH3 is 1. The van der Waals surface area contributed by atoms with E-state index in [0.717, 1.165) is 36.5 Å². The standard InChI is InChI=1S/C25H18Br2INO4S/c1-32-21-11-17(10-20(27)23(21)33-14-16-2-6-18(26)7-3-16)12-22-24(30)29(25(31)34-22)13-15-4-8-19(28)9-5-15/h2-12H,13-14H2,1H3/b22-12+. The first-order valence-electron chi connectivity index (χ1n) is 10.1. The largest absolute Gasteiger partial charge is 0.493 e. The van der Waals surface area contributed by atoms with Gasteiger partial charge in [-0.3, -0.25) is 14.5 Å². The summed E-state index contributed by atoms with van der Waals surface area (Å²) in [6.45, 7) is 0.619. The van der Waals surface area contributed by atoms with Crippen LogP contribution < -0.4 is 9.47 Å². The van der Waals surface area contributed by atoms with Gasteiger partial charge in [-0.05, 0) is 109 Å². The van der Waals surface area contributed by atoms with Crippen molar-refractivity contribution in [3.05, 3.63) is 94.8 Å². The Bertz CT molecular complexity index is 1260. The fraction of sp³-hybridized carbons (Fsp3) is 0.120. The molecule has 3 aromatic rings. The number of halogens is 3. The Balaban J connectivity index is 1.52. The molecule has 0 radical (unpaired) electrons. The maximum absolute atomic E-state index is 12.9. The van der Waals surface area contributed by atoms with Crippen molar-refractivity contribution < 1.29 is 19.1 Å². The van der Waals surface area contributed by atoms with Crippen LogP contribution in [0.15, 0.2) is 74.5 Å². The first kappa shape index (κ1) is 25.3. The zero-order chi connectivity index (χ0) is 24.2. The van der Waals surface area contributed by atoms with Gasteiger partial charge in [-0.1, -0.05) is 40.2 Å². The monoisotopic (exact) mass is 713 g/mol. The van der Waals surface area contributed by atoms with Crippen LogP contribution in [-0.4, -0.2) is 23.2 Å². The molecule has 1 saturated heterocycles. The number of nitrogens with zero attached hydrogens (tertiary/aromatic N) is 1. The maximum Gasteiger partial charge on any atom is 0.293 e. The number of thioether (sulfide) groups is 1. The van der Waals surface area contributed by atoms with E-state index in [-0.39, 0.29) is 17.7 Å². The highest BCUT2D eigenvalue weighted by atomic mass is 127. The molecule has 1 aliphatic rings. The summed E-state index contributed by atoms with van der Waals surface area (Å²) in [6.07, 6.45) is 1.70. The van der Waals surface area contributed by atoms with Crippen molar-refractivity contribution in [2.24, 2.45) is 0 Å². The second kappa shape index (κ2) is 11.3. The summed E-state index contributed by atoms with van der Waals surface area (Å²) >= 11 is 10.1. The molecule has 0 aromatic heterocycles. The first-order valence-corrected chi connectivity index (χ1v) is 13.6. The van der Waals surface area contributed by atoms with Crippen LogP contribution in [0.1, 0.15) is 16.7 Å². The summed E-state index contributed by atoms with van der Waals surface area (Å²) in [5, 5.41) is -0.282. The number of benzene rings is 3. The minimum atomic E-state index is -0.306. The van der Waals surface area contributed by atoms with E-state index in [9.17, 15) is 9.59 Å². The summed E-state index contributed by atoms with van der Waals surface area (Å²) in [7, 11) is 1.56. The van der Waals surface area contributed by atoms with E-state index >= 15 is 0 Å². The van der Waals surface area contributed by atoms with Crippen molar-refractivity contribution in [3.63, 3.8) is 0 Å². The van der Waals surface area contributed by atoms with Gasteiger partial charge in [0, 0.05) is 8.04 Å². The number of imide groups is 1. The van der Waals surface area contributed by atoms with E-state index in [4.69, 9.17) is 9.47 Å². The summed E-state index contributed by atoms with van der Waals surface area (Å²) < 4.78 is 14.3. The Kier molecular flexibility index (Phi) is 8.39. The minimum Gasteiger partial charge on any atom is -0.493 e. The molecule has 0 spiro atoms. The Morgan fingerprint density at radius 2 is 1.68 bits per heavy atom. The van der Waals surface area contributed by atoms with Crippen molar-refractivity contribution in [2.45, 2.75) is 13.2 Å². The Morgan fingerprint density at radius 3 is 2.35 bits per heavy atom. The van der Waals surface area contributed by atoms with Gasteiger partial charge >= 0.3 is 0 Å². The lowest BCUT2D eigenvalue weighted by atomic mass is 10.1. The quantitative estimate of drug-likeness (QED) is 0.186. The lowest BCUT2D eigenvalue weighted by Gasteiger charge is -2.14. The molecule has 1 heterocycles. The highest BCUT2D eigenvalue weighted by Gasteiger charge is 2.35. The number of rotatable bonds is 7.